The minimum atomic E-state index is 0.797. The first kappa shape index (κ1) is 19.8. The zero-order valence-electron chi connectivity index (χ0n) is 18.7. The molecule has 0 aliphatic carbocycles. The monoisotopic (exact) mass is 415 g/mol. The van der Waals surface area contributed by atoms with Gasteiger partial charge in [0, 0.05) is 72.9 Å². The average Bonchev–Trinajstić information content (AvgIpc) is 3.40. The van der Waals surface area contributed by atoms with E-state index in [-0.39, 0.29) is 0 Å². The van der Waals surface area contributed by atoms with Crippen LogP contribution in [0.15, 0.2) is 36.8 Å². The van der Waals surface area contributed by atoms with Crippen molar-refractivity contribution in [3.63, 3.8) is 0 Å². The highest BCUT2D eigenvalue weighted by Crippen LogP contribution is 2.33. The molecule has 1 aromatic carbocycles. The van der Waals surface area contributed by atoms with E-state index in [2.05, 4.69) is 82.3 Å². The van der Waals surface area contributed by atoms with E-state index >= 15 is 0 Å². The lowest BCUT2D eigenvalue weighted by atomic mass is 10.00. The summed E-state index contributed by atoms with van der Waals surface area (Å²) in [7, 11) is 2.19. The number of H-pyrrole nitrogens is 1. The van der Waals surface area contributed by atoms with E-state index in [1.165, 1.54) is 16.8 Å². The fourth-order valence-corrected chi connectivity index (χ4v) is 4.61. The van der Waals surface area contributed by atoms with Gasteiger partial charge in [0.25, 0.3) is 0 Å². The van der Waals surface area contributed by atoms with Crippen LogP contribution >= 0.6 is 0 Å². The van der Waals surface area contributed by atoms with Gasteiger partial charge in [-0.25, -0.2) is 0 Å². The molecule has 3 aromatic heterocycles. The summed E-state index contributed by atoms with van der Waals surface area (Å²) in [6.07, 6.45) is 5.97. The van der Waals surface area contributed by atoms with Gasteiger partial charge in [-0.05, 0) is 57.1 Å². The van der Waals surface area contributed by atoms with Crippen molar-refractivity contribution < 1.29 is 0 Å². The Balaban J connectivity index is 1.52. The van der Waals surface area contributed by atoms with Gasteiger partial charge in [0.2, 0.25) is 0 Å². The van der Waals surface area contributed by atoms with Crippen molar-refractivity contribution in [2.24, 2.45) is 0 Å². The predicted molar refractivity (Wildman–Crippen MR) is 125 cm³/mol. The second-order valence-electron chi connectivity index (χ2n) is 8.53. The largest absolute Gasteiger partial charge is 0.369 e. The van der Waals surface area contributed by atoms with Crippen LogP contribution in [0.1, 0.15) is 18.1 Å². The number of nitrogens with one attached hydrogen (secondary N) is 1. The van der Waals surface area contributed by atoms with Crippen LogP contribution in [0.4, 0.5) is 5.69 Å². The summed E-state index contributed by atoms with van der Waals surface area (Å²) in [6.45, 7) is 11.7. The summed E-state index contributed by atoms with van der Waals surface area (Å²) in [5.74, 6) is 0. The molecule has 1 fully saturated rings. The predicted octanol–water partition coefficient (Wildman–Crippen LogP) is 3.88. The van der Waals surface area contributed by atoms with Crippen molar-refractivity contribution in [1.82, 2.24) is 29.9 Å². The molecule has 1 saturated heterocycles. The van der Waals surface area contributed by atoms with E-state index in [4.69, 9.17) is 0 Å². The summed E-state index contributed by atoms with van der Waals surface area (Å²) in [6, 6.07) is 6.64. The van der Waals surface area contributed by atoms with Crippen molar-refractivity contribution >= 4 is 16.7 Å². The topological polar surface area (TPSA) is 65.9 Å². The lowest BCUT2D eigenvalue weighted by Gasteiger charge is -2.36. The first-order valence-corrected chi connectivity index (χ1v) is 11.0. The third-order valence-electron chi connectivity index (χ3n) is 6.31. The Bertz CT molecular complexity index is 1200. The smallest absolute Gasteiger partial charge is 0.160 e. The number of hydrogen-bond donors (Lipinski definition) is 1. The molecule has 7 nitrogen and oxygen atoms in total. The Morgan fingerprint density at radius 2 is 1.71 bits per heavy atom. The number of hydrogen-bond acceptors (Lipinski definition) is 5. The molecule has 1 aliphatic rings. The molecule has 160 valence electrons. The number of aryl methyl sites for hydroxylation is 3. The van der Waals surface area contributed by atoms with Gasteiger partial charge in [0.1, 0.15) is 0 Å². The molecule has 31 heavy (non-hydrogen) atoms. The molecule has 5 rings (SSSR count). The lowest BCUT2D eigenvalue weighted by molar-refractivity contribution is 0.312. The van der Waals surface area contributed by atoms with Gasteiger partial charge in [-0.1, -0.05) is 0 Å². The maximum absolute atomic E-state index is 4.52. The molecular weight excluding hydrogens is 386 g/mol. The summed E-state index contributed by atoms with van der Waals surface area (Å²) >= 11 is 0. The van der Waals surface area contributed by atoms with Gasteiger partial charge in [0.05, 0.1) is 11.9 Å². The fourth-order valence-electron chi connectivity index (χ4n) is 4.61. The van der Waals surface area contributed by atoms with Crippen molar-refractivity contribution in [3.05, 3.63) is 47.9 Å². The first-order chi connectivity index (χ1) is 15.0. The number of aromatic nitrogens is 5. The van der Waals surface area contributed by atoms with E-state index < -0.39 is 0 Å². The molecule has 1 N–H and O–H groups in total. The van der Waals surface area contributed by atoms with Crippen LogP contribution in [0.25, 0.3) is 33.4 Å². The average molecular weight is 416 g/mol. The Hall–Kier alpha value is -3.19. The number of nitrogens with zero attached hydrogens (tertiary/aromatic N) is 6. The number of likely N-dealkylation sites (N-methyl/N-ethyl adjacent to an activating group) is 1. The fraction of sp³-hybridized carbons (Fsp3) is 0.375. The van der Waals surface area contributed by atoms with E-state index in [9.17, 15) is 0 Å². The van der Waals surface area contributed by atoms with Crippen molar-refractivity contribution in [3.8, 4) is 22.4 Å². The Morgan fingerprint density at radius 1 is 0.968 bits per heavy atom. The van der Waals surface area contributed by atoms with E-state index in [0.717, 1.165) is 66.1 Å². The minimum absolute atomic E-state index is 0.797. The van der Waals surface area contributed by atoms with Crippen LogP contribution in [0.2, 0.25) is 0 Å². The van der Waals surface area contributed by atoms with Gasteiger partial charge < -0.3 is 14.8 Å². The second-order valence-corrected chi connectivity index (χ2v) is 8.53. The summed E-state index contributed by atoms with van der Waals surface area (Å²) < 4.78 is 1.94. The zero-order valence-corrected chi connectivity index (χ0v) is 18.7. The third-order valence-corrected chi connectivity index (χ3v) is 6.31. The van der Waals surface area contributed by atoms with E-state index in [1.807, 2.05) is 17.1 Å². The highest BCUT2D eigenvalue weighted by atomic mass is 15.3. The molecule has 0 amide bonds. The number of fused-ring (bicyclic) bond motifs is 1. The van der Waals surface area contributed by atoms with Crippen LogP contribution in [0, 0.1) is 13.8 Å². The Kier molecular flexibility index (Phi) is 4.98. The summed E-state index contributed by atoms with van der Waals surface area (Å²) in [4.78, 5) is 8.15. The number of aromatic amines is 1. The summed E-state index contributed by atoms with van der Waals surface area (Å²) in [5, 5.41) is 14.5. The molecular formula is C24H29N7. The molecule has 4 aromatic rings. The quantitative estimate of drug-likeness (QED) is 0.548. The molecule has 0 saturated carbocycles. The first-order valence-electron chi connectivity index (χ1n) is 11.0. The molecule has 4 heterocycles. The van der Waals surface area contributed by atoms with Crippen LogP contribution < -0.4 is 4.90 Å². The minimum Gasteiger partial charge on any atom is -0.369 e. The maximum Gasteiger partial charge on any atom is 0.160 e. The normalized spacial score (nSPS) is 15.2. The SMILES string of the molecule is CCn1cc(-c2c[nH]c3nnc(-c4cc(C)c(N5CCN(C)CC5)c(C)c4)cc23)cn1. The van der Waals surface area contributed by atoms with Gasteiger partial charge in [-0.15, -0.1) is 10.2 Å². The summed E-state index contributed by atoms with van der Waals surface area (Å²) in [5.41, 5.74) is 8.94. The Labute approximate surface area is 182 Å². The second kappa shape index (κ2) is 7.81. The standard InChI is InChI=1S/C24H29N7/c1-5-31-15-19(13-26-31)21-14-25-24-20(21)12-22(27-28-24)18-10-16(2)23(17(3)11-18)30-8-6-29(4)7-9-30/h10-15H,5-9H2,1-4H3,(H,25,28). The van der Waals surface area contributed by atoms with Crippen molar-refractivity contribution in [2.45, 2.75) is 27.3 Å². The van der Waals surface area contributed by atoms with E-state index in [1.54, 1.807) is 0 Å². The highest BCUT2D eigenvalue weighted by molar-refractivity contribution is 5.94. The number of rotatable bonds is 4. The van der Waals surface area contributed by atoms with Crippen LogP contribution in [-0.4, -0.2) is 63.1 Å². The van der Waals surface area contributed by atoms with Crippen LogP contribution in [0.5, 0.6) is 0 Å². The third kappa shape index (κ3) is 3.59. The molecule has 0 atom stereocenters. The highest BCUT2D eigenvalue weighted by Gasteiger charge is 2.19. The van der Waals surface area contributed by atoms with Crippen LogP contribution in [0.3, 0.4) is 0 Å². The lowest BCUT2D eigenvalue weighted by Crippen LogP contribution is -2.45. The molecule has 1 aliphatic heterocycles. The molecule has 0 radical (unpaired) electrons. The van der Waals surface area contributed by atoms with E-state index in [0.29, 0.717) is 0 Å². The van der Waals surface area contributed by atoms with Crippen molar-refractivity contribution in [2.75, 3.05) is 38.1 Å². The number of benzene rings is 1. The molecule has 0 unspecified atom stereocenters. The number of piperazine rings is 1. The van der Waals surface area contributed by atoms with Gasteiger partial charge in [-0.3, -0.25) is 4.68 Å². The molecule has 0 bridgehead atoms. The maximum atomic E-state index is 4.52. The zero-order chi connectivity index (χ0) is 21.5. The molecule has 7 heteroatoms. The number of anilines is 1. The van der Waals surface area contributed by atoms with Crippen molar-refractivity contribution in [1.29, 1.82) is 0 Å². The van der Waals surface area contributed by atoms with Gasteiger partial charge >= 0.3 is 0 Å². The van der Waals surface area contributed by atoms with Crippen LogP contribution in [-0.2, 0) is 6.54 Å². The van der Waals surface area contributed by atoms with Gasteiger partial charge in [0.15, 0.2) is 5.65 Å². The molecule has 0 spiro atoms. The Morgan fingerprint density at radius 3 is 2.39 bits per heavy atom. The van der Waals surface area contributed by atoms with Gasteiger partial charge in [-0.2, -0.15) is 5.10 Å².